The quantitative estimate of drug-likeness (QED) is 0.435. The predicted molar refractivity (Wildman–Crippen MR) is 123 cm³/mol. The lowest BCUT2D eigenvalue weighted by Crippen LogP contribution is -2.28. The first-order chi connectivity index (χ1) is 15.1. The van der Waals surface area contributed by atoms with Crippen LogP contribution < -0.4 is 5.32 Å². The minimum atomic E-state index is -0.0607. The van der Waals surface area contributed by atoms with Crippen LogP contribution in [0.3, 0.4) is 0 Å². The summed E-state index contributed by atoms with van der Waals surface area (Å²) < 4.78 is 1.99. The molecule has 2 aromatic carbocycles. The maximum Gasteiger partial charge on any atom is 0.230 e. The average Bonchev–Trinajstić information content (AvgIpc) is 3.23. The second-order valence-electron chi connectivity index (χ2n) is 7.16. The molecule has 0 fully saturated rings. The van der Waals surface area contributed by atoms with E-state index in [2.05, 4.69) is 20.5 Å². The molecule has 1 N–H and O–H groups in total. The Kier molecular flexibility index (Phi) is 6.43. The molecule has 2 aromatic heterocycles. The van der Waals surface area contributed by atoms with Crippen molar-refractivity contribution >= 4 is 17.7 Å². The van der Waals surface area contributed by atoms with Crippen LogP contribution in [0, 0.1) is 6.92 Å². The second kappa shape index (κ2) is 9.57. The normalized spacial score (nSPS) is 11.8. The molecule has 0 bridgehead atoms. The van der Waals surface area contributed by atoms with E-state index in [0.717, 1.165) is 22.4 Å². The molecule has 1 amide bonds. The Labute approximate surface area is 185 Å². The van der Waals surface area contributed by atoms with Gasteiger partial charge in [-0.15, -0.1) is 10.2 Å². The van der Waals surface area contributed by atoms with E-state index in [0.29, 0.717) is 11.0 Å². The first-order valence-corrected chi connectivity index (χ1v) is 11.0. The van der Waals surface area contributed by atoms with E-state index in [1.807, 2.05) is 85.1 Å². The molecule has 31 heavy (non-hydrogen) atoms. The average molecular weight is 430 g/mol. The van der Waals surface area contributed by atoms with Gasteiger partial charge >= 0.3 is 0 Å². The number of para-hydroxylation sites is 1. The summed E-state index contributed by atoms with van der Waals surface area (Å²) in [6.45, 7) is 4.03. The molecule has 0 aliphatic heterocycles. The number of aryl methyl sites for hydroxylation is 1. The summed E-state index contributed by atoms with van der Waals surface area (Å²) in [6, 6.07) is 21.7. The maximum atomic E-state index is 12.6. The first-order valence-electron chi connectivity index (χ1n) is 10.0. The number of benzene rings is 2. The van der Waals surface area contributed by atoms with Crippen LogP contribution >= 0.6 is 11.8 Å². The van der Waals surface area contributed by atoms with Crippen molar-refractivity contribution < 1.29 is 4.79 Å². The van der Waals surface area contributed by atoms with Gasteiger partial charge in [0, 0.05) is 18.0 Å². The number of thioether (sulfide) groups is 1. The Morgan fingerprint density at radius 1 is 1.03 bits per heavy atom. The van der Waals surface area contributed by atoms with E-state index in [9.17, 15) is 4.79 Å². The first kappa shape index (κ1) is 20.8. The largest absolute Gasteiger partial charge is 0.349 e. The lowest BCUT2D eigenvalue weighted by Gasteiger charge is -2.15. The fourth-order valence-electron chi connectivity index (χ4n) is 3.32. The molecule has 4 aromatic rings. The van der Waals surface area contributed by atoms with Crippen LogP contribution in [0.4, 0.5) is 0 Å². The number of hydrogen-bond acceptors (Lipinski definition) is 5. The third-order valence-electron chi connectivity index (χ3n) is 4.92. The van der Waals surface area contributed by atoms with Crippen LogP contribution in [0.25, 0.3) is 17.1 Å². The van der Waals surface area contributed by atoms with Crippen LogP contribution in [-0.2, 0) is 4.79 Å². The summed E-state index contributed by atoms with van der Waals surface area (Å²) in [7, 11) is 0. The van der Waals surface area contributed by atoms with Gasteiger partial charge in [0.2, 0.25) is 5.91 Å². The van der Waals surface area contributed by atoms with Crippen molar-refractivity contribution in [3.63, 3.8) is 0 Å². The Morgan fingerprint density at radius 2 is 1.81 bits per heavy atom. The Bertz CT molecular complexity index is 1160. The third-order valence-corrected chi connectivity index (χ3v) is 5.85. The van der Waals surface area contributed by atoms with Crippen molar-refractivity contribution in [3.8, 4) is 17.1 Å². The summed E-state index contributed by atoms with van der Waals surface area (Å²) in [5.41, 5.74) is 4.01. The number of carbonyl (C=O) groups is 1. The number of hydrogen-bond donors (Lipinski definition) is 1. The fourth-order valence-corrected chi connectivity index (χ4v) is 4.07. The Hall–Kier alpha value is -3.45. The summed E-state index contributed by atoms with van der Waals surface area (Å²) >= 11 is 1.37. The summed E-state index contributed by atoms with van der Waals surface area (Å²) in [5.74, 6) is 0.889. The SMILES string of the molecule is Cc1ccccc1-n1c(SCC(=O)NC(C)c2ccccc2)nnc1-c1cccnc1. The summed E-state index contributed by atoms with van der Waals surface area (Å²) in [6.07, 6.45) is 3.49. The van der Waals surface area contributed by atoms with Crippen LogP contribution in [-0.4, -0.2) is 31.4 Å². The second-order valence-corrected chi connectivity index (χ2v) is 8.10. The highest BCUT2D eigenvalue weighted by molar-refractivity contribution is 7.99. The molecule has 0 saturated carbocycles. The van der Waals surface area contributed by atoms with Gasteiger partial charge in [0.15, 0.2) is 11.0 Å². The van der Waals surface area contributed by atoms with Gasteiger partial charge in [-0.2, -0.15) is 0 Å². The van der Waals surface area contributed by atoms with Gasteiger partial charge in [-0.1, -0.05) is 60.3 Å². The highest BCUT2D eigenvalue weighted by atomic mass is 32.2. The monoisotopic (exact) mass is 429 g/mol. The molecule has 0 saturated heterocycles. The zero-order valence-electron chi connectivity index (χ0n) is 17.4. The Morgan fingerprint density at radius 3 is 2.55 bits per heavy atom. The molecule has 2 heterocycles. The van der Waals surface area contributed by atoms with E-state index in [1.165, 1.54) is 11.8 Å². The Balaban J connectivity index is 1.57. The lowest BCUT2D eigenvalue weighted by molar-refractivity contribution is -0.119. The van der Waals surface area contributed by atoms with Gasteiger partial charge in [0.05, 0.1) is 17.5 Å². The molecule has 4 rings (SSSR count). The van der Waals surface area contributed by atoms with Gasteiger partial charge in [0.25, 0.3) is 0 Å². The molecule has 1 atom stereocenters. The van der Waals surface area contributed by atoms with Crippen molar-refractivity contribution in [2.75, 3.05) is 5.75 Å². The lowest BCUT2D eigenvalue weighted by atomic mass is 10.1. The van der Waals surface area contributed by atoms with E-state index in [1.54, 1.807) is 12.4 Å². The molecule has 6 nitrogen and oxygen atoms in total. The predicted octanol–water partition coefficient (Wildman–Crippen LogP) is 4.61. The number of pyridine rings is 1. The number of nitrogens with zero attached hydrogens (tertiary/aromatic N) is 4. The third kappa shape index (κ3) is 4.83. The van der Waals surface area contributed by atoms with E-state index in [4.69, 9.17) is 0 Å². The molecule has 7 heteroatoms. The van der Waals surface area contributed by atoms with Gasteiger partial charge in [0.1, 0.15) is 0 Å². The zero-order chi connectivity index (χ0) is 21.6. The molecule has 156 valence electrons. The smallest absolute Gasteiger partial charge is 0.230 e. The van der Waals surface area contributed by atoms with Crippen LogP contribution in [0.15, 0.2) is 84.3 Å². The van der Waals surface area contributed by atoms with Crippen LogP contribution in [0.1, 0.15) is 24.1 Å². The highest BCUT2D eigenvalue weighted by Gasteiger charge is 2.19. The number of amides is 1. The molecule has 0 radical (unpaired) electrons. The standard InChI is InChI=1S/C24H23N5OS/c1-17-9-6-7-13-21(17)29-23(20-12-8-14-25-15-20)27-28-24(29)31-16-22(30)26-18(2)19-10-4-3-5-11-19/h3-15,18H,16H2,1-2H3,(H,26,30). The molecule has 0 spiro atoms. The van der Waals surface area contributed by atoms with Gasteiger partial charge in [-0.05, 0) is 43.2 Å². The molecular weight excluding hydrogens is 406 g/mol. The number of aromatic nitrogens is 4. The van der Waals surface area contributed by atoms with Crippen LogP contribution in [0.5, 0.6) is 0 Å². The van der Waals surface area contributed by atoms with E-state index in [-0.39, 0.29) is 17.7 Å². The topological polar surface area (TPSA) is 72.7 Å². The minimum Gasteiger partial charge on any atom is -0.349 e. The fraction of sp³-hybridized carbons (Fsp3) is 0.167. The molecule has 1 unspecified atom stereocenters. The number of carbonyl (C=O) groups excluding carboxylic acids is 1. The van der Waals surface area contributed by atoms with Crippen molar-refractivity contribution in [3.05, 3.63) is 90.3 Å². The molecular formula is C24H23N5OS. The maximum absolute atomic E-state index is 12.6. The van der Waals surface area contributed by atoms with Crippen molar-refractivity contribution in [1.82, 2.24) is 25.1 Å². The van der Waals surface area contributed by atoms with Crippen molar-refractivity contribution in [1.29, 1.82) is 0 Å². The van der Waals surface area contributed by atoms with Gasteiger partial charge in [-0.3, -0.25) is 14.3 Å². The summed E-state index contributed by atoms with van der Waals surface area (Å²) in [4.78, 5) is 16.8. The van der Waals surface area contributed by atoms with Crippen molar-refractivity contribution in [2.45, 2.75) is 25.0 Å². The number of nitrogens with one attached hydrogen (secondary N) is 1. The van der Waals surface area contributed by atoms with E-state index < -0.39 is 0 Å². The number of rotatable bonds is 7. The highest BCUT2D eigenvalue weighted by Crippen LogP contribution is 2.29. The summed E-state index contributed by atoms with van der Waals surface area (Å²) in [5, 5.41) is 12.5. The molecule has 0 aliphatic rings. The van der Waals surface area contributed by atoms with Crippen molar-refractivity contribution in [2.24, 2.45) is 0 Å². The zero-order valence-corrected chi connectivity index (χ0v) is 18.2. The van der Waals surface area contributed by atoms with E-state index >= 15 is 0 Å². The van der Waals surface area contributed by atoms with Gasteiger partial charge < -0.3 is 5.32 Å². The molecule has 0 aliphatic carbocycles. The van der Waals surface area contributed by atoms with Gasteiger partial charge in [-0.25, -0.2) is 0 Å². The van der Waals surface area contributed by atoms with Crippen LogP contribution in [0.2, 0.25) is 0 Å². The minimum absolute atomic E-state index is 0.0522.